The first-order chi connectivity index (χ1) is 17.0. The minimum absolute atomic E-state index is 0.0565. The lowest BCUT2D eigenvalue weighted by Gasteiger charge is -2.30. The molecule has 3 aromatic heterocycles. The number of carbonyl (C=O) groups excluding carboxylic acids is 1. The van der Waals surface area contributed by atoms with E-state index < -0.39 is 0 Å². The van der Waals surface area contributed by atoms with Crippen molar-refractivity contribution in [1.82, 2.24) is 30.1 Å². The molecule has 0 bridgehead atoms. The number of para-hydroxylation sites is 1. The molecule has 0 saturated heterocycles. The zero-order valence-corrected chi connectivity index (χ0v) is 21.0. The summed E-state index contributed by atoms with van der Waals surface area (Å²) in [7, 11) is 0. The summed E-state index contributed by atoms with van der Waals surface area (Å²) >= 11 is 1.66. The van der Waals surface area contributed by atoms with Crippen LogP contribution in [0.5, 0.6) is 0 Å². The molecule has 1 aromatic carbocycles. The number of esters is 1. The number of aryl methyl sites for hydroxylation is 1. The molecule has 3 heterocycles. The molecular formula is C25H30N6O3S. The number of rotatable bonds is 11. The Morgan fingerprint density at radius 3 is 2.83 bits per heavy atom. The molecule has 4 rings (SSSR count). The lowest BCUT2D eigenvalue weighted by Crippen LogP contribution is -2.33. The summed E-state index contributed by atoms with van der Waals surface area (Å²) in [6, 6.07) is 11.9. The van der Waals surface area contributed by atoms with Crippen molar-refractivity contribution in [2.24, 2.45) is 0 Å². The van der Waals surface area contributed by atoms with E-state index >= 15 is 0 Å². The van der Waals surface area contributed by atoms with E-state index in [4.69, 9.17) is 4.74 Å². The quantitative estimate of drug-likeness (QED) is 0.314. The van der Waals surface area contributed by atoms with Gasteiger partial charge in [0.1, 0.15) is 6.54 Å². The highest BCUT2D eigenvalue weighted by Gasteiger charge is 2.28. The van der Waals surface area contributed by atoms with E-state index in [1.54, 1.807) is 18.3 Å². The van der Waals surface area contributed by atoms with Crippen LogP contribution in [0.1, 0.15) is 54.6 Å². The van der Waals surface area contributed by atoms with Crippen molar-refractivity contribution in [1.29, 1.82) is 0 Å². The normalized spacial score (nSPS) is 12.3. The van der Waals surface area contributed by atoms with Gasteiger partial charge in [0.2, 0.25) is 0 Å². The van der Waals surface area contributed by atoms with Crippen molar-refractivity contribution in [3.05, 3.63) is 74.0 Å². The number of pyridine rings is 1. The third-order valence-corrected chi connectivity index (χ3v) is 6.78. The second-order valence-corrected chi connectivity index (χ2v) is 9.48. The molecule has 0 saturated carbocycles. The smallest absolute Gasteiger partial charge is 0.327 e. The first kappa shape index (κ1) is 24.7. The van der Waals surface area contributed by atoms with E-state index in [1.165, 1.54) is 9.56 Å². The highest BCUT2D eigenvalue weighted by molar-refractivity contribution is 7.09. The molecule has 35 heavy (non-hydrogen) atoms. The number of carbonyl (C=O) groups is 1. The van der Waals surface area contributed by atoms with Crippen molar-refractivity contribution in [2.45, 2.75) is 59.3 Å². The third kappa shape index (κ3) is 5.83. The van der Waals surface area contributed by atoms with Crippen molar-refractivity contribution >= 4 is 28.2 Å². The predicted molar refractivity (Wildman–Crippen MR) is 135 cm³/mol. The number of hydrogen-bond donors (Lipinski definition) is 1. The molecular weight excluding hydrogens is 464 g/mol. The van der Waals surface area contributed by atoms with E-state index in [0.29, 0.717) is 31.1 Å². The fraction of sp³-hybridized carbons (Fsp3) is 0.400. The Hall–Kier alpha value is -3.37. The second-order valence-electron chi connectivity index (χ2n) is 8.45. The van der Waals surface area contributed by atoms with Gasteiger partial charge in [-0.05, 0) is 59.2 Å². The average molecular weight is 495 g/mol. The van der Waals surface area contributed by atoms with Crippen LogP contribution in [0.3, 0.4) is 0 Å². The number of hydrogen-bond acceptors (Lipinski definition) is 8. The van der Waals surface area contributed by atoms with Crippen LogP contribution in [-0.4, -0.2) is 42.7 Å². The van der Waals surface area contributed by atoms with Gasteiger partial charge in [-0.1, -0.05) is 37.6 Å². The molecule has 0 aliphatic heterocycles. The average Bonchev–Trinajstić information content (AvgIpc) is 3.51. The van der Waals surface area contributed by atoms with Crippen LogP contribution in [0.25, 0.3) is 10.9 Å². The molecule has 0 radical (unpaired) electrons. The number of nitrogens with zero attached hydrogens (tertiary/aromatic N) is 5. The second kappa shape index (κ2) is 11.4. The van der Waals surface area contributed by atoms with Crippen molar-refractivity contribution < 1.29 is 9.53 Å². The van der Waals surface area contributed by atoms with Crippen LogP contribution in [0.2, 0.25) is 0 Å². The molecule has 0 unspecified atom stereocenters. The highest BCUT2D eigenvalue weighted by Crippen LogP contribution is 2.29. The van der Waals surface area contributed by atoms with Gasteiger partial charge >= 0.3 is 5.97 Å². The van der Waals surface area contributed by atoms with Gasteiger partial charge in [0, 0.05) is 23.5 Å². The van der Waals surface area contributed by atoms with Gasteiger partial charge < -0.3 is 9.72 Å². The van der Waals surface area contributed by atoms with Gasteiger partial charge in [-0.25, -0.2) is 4.68 Å². The number of ether oxygens (including phenoxy) is 1. The van der Waals surface area contributed by atoms with Crippen molar-refractivity contribution in [2.75, 3.05) is 6.61 Å². The molecule has 0 amide bonds. The van der Waals surface area contributed by atoms with Gasteiger partial charge in [0.25, 0.3) is 5.56 Å². The number of fused-ring (bicyclic) bond motifs is 1. The zero-order chi connectivity index (χ0) is 24.8. The fourth-order valence-electron chi connectivity index (χ4n) is 4.28. The van der Waals surface area contributed by atoms with E-state index in [9.17, 15) is 9.59 Å². The monoisotopic (exact) mass is 494 g/mol. The van der Waals surface area contributed by atoms with Crippen LogP contribution in [0.15, 0.2) is 46.6 Å². The number of benzene rings is 1. The molecule has 1 N–H and O–H groups in total. The number of aromatic nitrogens is 5. The maximum Gasteiger partial charge on any atom is 0.327 e. The maximum absolute atomic E-state index is 13.1. The Labute approximate surface area is 207 Å². The van der Waals surface area contributed by atoms with Gasteiger partial charge in [-0.2, -0.15) is 0 Å². The van der Waals surface area contributed by atoms with Crippen LogP contribution < -0.4 is 5.56 Å². The van der Waals surface area contributed by atoms with Crippen molar-refractivity contribution in [3.63, 3.8) is 0 Å². The predicted octanol–water partition coefficient (Wildman–Crippen LogP) is 3.99. The standard InChI is InChI=1S/C25H30N6O3S/c1-4-8-21(24-27-28-29-31(24)16-22(32)34-5-2)30(15-20-11-7-12-35-20)14-19-13-18-10-6-9-17(3)23(18)26-25(19)33/h6-7,9-13,21H,4-5,8,14-16H2,1-3H3,(H,26,33)/t21-/m1/s1. The summed E-state index contributed by atoms with van der Waals surface area (Å²) in [6.07, 6.45) is 1.64. The maximum atomic E-state index is 13.1. The Morgan fingerprint density at radius 1 is 1.23 bits per heavy atom. The molecule has 0 aliphatic rings. The lowest BCUT2D eigenvalue weighted by atomic mass is 10.1. The highest BCUT2D eigenvalue weighted by atomic mass is 32.1. The summed E-state index contributed by atoms with van der Waals surface area (Å²) in [4.78, 5) is 31.7. The molecule has 10 heteroatoms. The first-order valence-electron chi connectivity index (χ1n) is 11.8. The summed E-state index contributed by atoms with van der Waals surface area (Å²) in [6.45, 7) is 7.13. The van der Waals surface area contributed by atoms with E-state index in [2.05, 4.69) is 38.4 Å². The minimum Gasteiger partial charge on any atom is -0.465 e. The summed E-state index contributed by atoms with van der Waals surface area (Å²) in [5.74, 6) is 0.201. The number of nitrogens with one attached hydrogen (secondary N) is 1. The Balaban J connectivity index is 1.72. The molecule has 4 aromatic rings. The van der Waals surface area contributed by atoms with Crippen LogP contribution in [-0.2, 0) is 29.2 Å². The molecule has 184 valence electrons. The molecule has 9 nitrogen and oxygen atoms in total. The van der Waals surface area contributed by atoms with Gasteiger partial charge in [0.05, 0.1) is 18.2 Å². The fourth-order valence-corrected chi connectivity index (χ4v) is 5.01. The van der Waals surface area contributed by atoms with Crippen LogP contribution in [0, 0.1) is 6.92 Å². The lowest BCUT2D eigenvalue weighted by molar-refractivity contribution is -0.144. The molecule has 0 fully saturated rings. The largest absolute Gasteiger partial charge is 0.465 e. The van der Waals surface area contributed by atoms with Gasteiger partial charge in [-0.15, -0.1) is 16.4 Å². The Bertz CT molecular complexity index is 1330. The van der Waals surface area contributed by atoms with E-state index in [0.717, 1.165) is 29.3 Å². The number of tetrazole rings is 1. The Morgan fingerprint density at radius 2 is 2.09 bits per heavy atom. The molecule has 0 aliphatic carbocycles. The van der Waals surface area contributed by atoms with Crippen LogP contribution >= 0.6 is 11.3 Å². The van der Waals surface area contributed by atoms with Gasteiger partial charge in [-0.3, -0.25) is 14.5 Å². The number of aromatic amines is 1. The topological polar surface area (TPSA) is 106 Å². The summed E-state index contributed by atoms with van der Waals surface area (Å²) < 4.78 is 6.61. The third-order valence-electron chi connectivity index (χ3n) is 5.92. The zero-order valence-electron chi connectivity index (χ0n) is 20.2. The summed E-state index contributed by atoms with van der Waals surface area (Å²) in [5, 5.41) is 15.2. The summed E-state index contributed by atoms with van der Waals surface area (Å²) in [5.41, 5.74) is 2.45. The van der Waals surface area contributed by atoms with Crippen LogP contribution in [0.4, 0.5) is 0 Å². The number of H-pyrrole nitrogens is 1. The molecule has 1 atom stereocenters. The van der Waals surface area contributed by atoms with E-state index in [-0.39, 0.29) is 24.1 Å². The van der Waals surface area contributed by atoms with Gasteiger partial charge in [0.15, 0.2) is 5.82 Å². The van der Waals surface area contributed by atoms with E-state index in [1.807, 2.05) is 42.6 Å². The number of thiophene rings is 1. The minimum atomic E-state index is -0.387. The van der Waals surface area contributed by atoms with Crippen molar-refractivity contribution in [3.8, 4) is 0 Å². The molecule has 0 spiro atoms. The SMILES string of the molecule is CCC[C@H](c1nnnn1CC(=O)OCC)N(Cc1cccs1)Cc1cc2cccc(C)c2[nH]c1=O. The first-order valence-corrected chi connectivity index (χ1v) is 12.7. The Kier molecular flexibility index (Phi) is 8.04.